The highest BCUT2D eigenvalue weighted by molar-refractivity contribution is 6.12. The van der Waals surface area contributed by atoms with Crippen LogP contribution in [0.3, 0.4) is 0 Å². The van der Waals surface area contributed by atoms with E-state index in [0.29, 0.717) is 54.4 Å². The van der Waals surface area contributed by atoms with Crippen LogP contribution in [0.25, 0.3) is 10.9 Å². The molecule has 0 bridgehead atoms. The number of esters is 1. The van der Waals surface area contributed by atoms with Crippen LogP contribution >= 0.6 is 0 Å². The highest BCUT2D eigenvalue weighted by atomic mass is 16.5. The number of benzene rings is 4. The van der Waals surface area contributed by atoms with Crippen molar-refractivity contribution in [2.24, 2.45) is 0 Å². The van der Waals surface area contributed by atoms with Crippen LogP contribution in [0.2, 0.25) is 0 Å². The third-order valence-electron chi connectivity index (χ3n) is 7.61. The van der Waals surface area contributed by atoms with Gasteiger partial charge in [-0.25, -0.2) is 9.78 Å². The molecule has 1 aromatic heterocycles. The van der Waals surface area contributed by atoms with Gasteiger partial charge in [0.1, 0.15) is 24.1 Å². The number of nitrogens with zero attached hydrogens (tertiary/aromatic N) is 2. The normalized spacial score (nSPS) is 11.4. The molecule has 0 aliphatic heterocycles. The van der Waals surface area contributed by atoms with Crippen LogP contribution in [0.5, 0.6) is 5.75 Å². The Balaban J connectivity index is 1.21. The molecular weight excluding hydrogens is 578 g/mol. The summed E-state index contributed by atoms with van der Waals surface area (Å²) in [5.74, 6) is -0.0526. The van der Waals surface area contributed by atoms with E-state index in [0.717, 1.165) is 22.9 Å². The quantitative estimate of drug-likeness (QED) is 0.111. The Hall–Kier alpha value is -5.50. The van der Waals surface area contributed by atoms with Crippen LogP contribution in [0.1, 0.15) is 45.3 Å². The highest BCUT2D eigenvalue weighted by Crippen LogP contribution is 2.22. The number of rotatable bonds is 14. The van der Waals surface area contributed by atoms with Gasteiger partial charge in [-0.1, -0.05) is 85.8 Å². The Morgan fingerprint density at radius 1 is 0.804 bits per heavy atom. The van der Waals surface area contributed by atoms with Crippen molar-refractivity contribution in [3.8, 4) is 5.75 Å². The molecule has 0 fully saturated rings. The molecule has 4 aromatic carbocycles. The molecule has 46 heavy (non-hydrogen) atoms. The molecule has 0 radical (unpaired) electrons. The Morgan fingerprint density at radius 2 is 1.52 bits per heavy atom. The van der Waals surface area contributed by atoms with Gasteiger partial charge >= 0.3 is 5.97 Å². The lowest BCUT2D eigenvalue weighted by molar-refractivity contribution is -0.141. The summed E-state index contributed by atoms with van der Waals surface area (Å²) in [5, 5.41) is 4.23. The number of carbonyl (C=O) groups excluding carboxylic acids is 3. The summed E-state index contributed by atoms with van der Waals surface area (Å²) in [7, 11) is 1.34. The van der Waals surface area contributed by atoms with Crippen LogP contribution < -0.4 is 10.1 Å². The Morgan fingerprint density at radius 3 is 2.28 bits per heavy atom. The van der Waals surface area contributed by atoms with Crippen molar-refractivity contribution < 1.29 is 23.9 Å². The number of ketones is 1. The molecule has 0 aliphatic rings. The first-order valence-electron chi connectivity index (χ1n) is 15.4. The number of aromatic nitrogens is 1. The lowest BCUT2D eigenvalue weighted by atomic mass is 10.00. The van der Waals surface area contributed by atoms with Crippen molar-refractivity contribution in [1.29, 1.82) is 0 Å². The third kappa shape index (κ3) is 7.95. The minimum Gasteiger partial charge on any atom is -0.492 e. The third-order valence-corrected chi connectivity index (χ3v) is 7.61. The molecule has 8 heteroatoms. The summed E-state index contributed by atoms with van der Waals surface area (Å²) in [5.41, 5.74) is 3.67. The molecule has 0 unspecified atom stereocenters. The fourth-order valence-corrected chi connectivity index (χ4v) is 5.24. The number of fused-ring (bicyclic) bond motifs is 1. The van der Waals surface area contributed by atoms with E-state index in [4.69, 9.17) is 9.47 Å². The lowest BCUT2D eigenvalue weighted by Gasteiger charge is -2.22. The van der Waals surface area contributed by atoms with Crippen LogP contribution in [-0.4, -0.2) is 60.4 Å². The molecular formula is C38H37N3O5. The topological polar surface area (TPSA) is 97.8 Å². The zero-order valence-corrected chi connectivity index (χ0v) is 26.0. The zero-order valence-electron chi connectivity index (χ0n) is 26.0. The van der Waals surface area contributed by atoms with E-state index >= 15 is 0 Å². The van der Waals surface area contributed by atoms with Crippen LogP contribution in [0.4, 0.5) is 5.69 Å². The summed E-state index contributed by atoms with van der Waals surface area (Å²) in [6, 6.07) is 34.3. The van der Waals surface area contributed by atoms with Gasteiger partial charge in [0.15, 0.2) is 5.78 Å². The Labute approximate surface area is 269 Å². The van der Waals surface area contributed by atoms with E-state index in [-0.39, 0.29) is 11.7 Å². The summed E-state index contributed by atoms with van der Waals surface area (Å²) in [6.07, 6.45) is 1.15. The number of hydrogen-bond donors (Lipinski definition) is 1. The second kappa shape index (κ2) is 15.5. The second-order valence-electron chi connectivity index (χ2n) is 10.8. The Bertz CT molecular complexity index is 1790. The van der Waals surface area contributed by atoms with Gasteiger partial charge in [-0.2, -0.15) is 0 Å². The number of pyridine rings is 1. The zero-order chi connectivity index (χ0) is 32.3. The monoisotopic (exact) mass is 615 g/mol. The molecule has 8 nitrogen and oxygen atoms in total. The smallest absolute Gasteiger partial charge is 0.328 e. The average Bonchev–Trinajstić information content (AvgIpc) is 3.11. The van der Waals surface area contributed by atoms with Crippen molar-refractivity contribution in [2.45, 2.75) is 25.8 Å². The molecule has 0 spiro atoms. The van der Waals surface area contributed by atoms with Crippen molar-refractivity contribution in [1.82, 2.24) is 9.88 Å². The first kappa shape index (κ1) is 31.9. The number of carbonyl (C=O) groups is 3. The van der Waals surface area contributed by atoms with E-state index in [9.17, 15) is 14.4 Å². The molecule has 0 aliphatic carbocycles. The molecule has 5 aromatic rings. The average molecular weight is 616 g/mol. The maximum absolute atomic E-state index is 13.3. The maximum atomic E-state index is 13.3. The number of amides is 1. The number of hydrogen-bond acceptors (Lipinski definition) is 7. The number of ether oxygens (including phenoxy) is 2. The van der Waals surface area contributed by atoms with Gasteiger partial charge in [0.2, 0.25) is 0 Å². The van der Waals surface area contributed by atoms with E-state index in [2.05, 4.69) is 10.3 Å². The number of methoxy groups -OCH3 is 1. The van der Waals surface area contributed by atoms with Gasteiger partial charge in [-0.15, -0.1) is 0 Å². The molecule has 5 rings (SSSR count). The van der Waals surface area contributed by atoms with E-state index < -0.39 is 12.0 Å². The number of para-hydroxylation sites is 2. The molecule has 234 valence electrons. The molecule has 1 amide bonds. The van der Waals surface area contributed by atoms with Gasteiger partial charge in [0, 0.05) is 35.2 Å². The fourth-order valence-electron chi connectivity index (χ4n) is 5.24. The maximum Gasteiger partial charge on any atom is 0.328 e. The Kier molecular flexibility index (Phi) is 10.7. The first-order chi connectivity index (χ1) is 22.5. The summed E-state index contributed by atoms with van der Waals surface area (Å²) in [6.45, 7) is 3.36. The van der Waals surface area contributed by atoms with Crippen molar-refractivity contribution in [3.63, 3.8) is 0 Å². The van der Waals surface area contributed by atoms with E-state index in [1.807, 2.05) is 85.8 Å². The summed E-state index contributed by atoms with van der Waals surface area (Å²) in [4.78, 5) is 45.6. The van der Waals surface area contributed by atoms with Crippen LogP contribution in [0.15, 0.2) is 115 Å². The van der Waals surface area contributed by atoms with Crippen molar-refractivity contribution >= 4 is 34.3 Å². The SMILES string of the molecule is CCCN(CCOc1ccc(C[C@H](Nc2ccccc2C(=O)c2ccccc2)C(=O)OC)cc1)C(=O)c1ccc2ccccc2n1. The largest absolute Gasteiger partial charge is 0.492 e. The van der Waals surface area contributed by atoms with Crippen LogP contribution in [-0.2, 0) is 16.0 Å². The standard InChI is InChI=1S/C38H37N3O5/c1-3-23-41(37(43)34-22-19-28-11-7-9-15-32(28)39-34)24-25-46-30-20-17-27(18-21-30)26-35(38(44)45-2)40-33-16-10-8-14-31(33)36(42)29-12-5-4-6-13-29/h4-22,35,40H,3,23-26H2,1-2H3/t35-/m0/s1. The molecule has 1 N–H and O–H groups in total. The van der Waals surface area contributed by atoms with Crippen molar-refractivity contribution in [2.75, 3.05) is 32.1 Å². The first-order valence-corrected chi connectivity index (χ1v) is 15.4. The lowest BCUT2D eigenvalue weighted by Crippen LogP contribution is -2.35. The van der Waals surface area contributed by atoms with Gasteiger partial charge in [0.05, 0.1) is 19.2 Å². The molecule has 1 atom stereocenters. The minimum atomic E-state index is -0.723. The van der Waals surface area contributed by atoms with Gasteiger partial charge in [0.25, 0.3) is 5.91 Å². The predicted molar refractivity (Wildman–Crippen MR) is 179 cm³/mol. The number of anilines is 1. The highest BCUT2D eigenvalue weighted by Gasteiger charge is 2.23. The summed E-state index contributed by atoms with van der Waals surface area (Å²) < 4.78 is 11.1. The van der Waals surface area contributed by atoms with Crippen molar-refractivity contribution in [3.05, 3.63) is 138 Å². The minimum absolute atomic E-state index is 0.125. The van der Waals surface area contributed by atoms with Gasteiger partial charge in [-0.05, 0) is 48.4 Å². The predicted octanol–water partition coefficient (Wildman–Crippen LogP) is 6.59. The summed E-state index contributed by atoms with van der Waals surface area (Å²) >= 11 is 0. The molecule has 0 saturated carbocycles. The van der Waals surface area contributed by atoms with E-state index in [1.54, 1.807) is 41.3 Å². The van der Waals surface area contributed by atoms with Gasteiger partial charge in [-0.3, -0.25) is 9.59 Å². The van der Waals surface area contributed by atoms with Gasteiger partial charge < -0.3 is 19.7 Å². The molecule has 0 saturated heterocycles. The second-order valence-corrected chi connectivity index (χ2v) is 10.8. The van der Waals surface area contributed by atoms with Crippen LogP contribution in [0, 0.1) is 0 Å². The fraction of sp³-hybridized carbons (Fsp3) is 0.211. The molecule has 1 heterocycles. The number of nitrogens with one attached hydrogen (secondary N) is 1. The van der Waals surface area contributed by atoms with E-state index in [1.165, 1.54) is 7.11 Å².